The van der Waals surface area contributed by atoms with Crippen molar-refractivity contribution in [1.82, 2.24) is 10.2 Å². The van der Waals surface area contributed by atoms with Crippen LogP contribution in [-0.2, 0) is 0 Å². The van der Waals surface area contributed by atoms with Crippen molar-refractivity contribution >= 4 is 17.3 Å². The molecule has 0 fully saturated rings. The molecule has 1 rings (SSSR count). The molecule has 0 saturated heterocycles. The number of H-pyrrole nitrogens is 1. The van der Waals surface area contributed by atoms with E-state index in [2.05, 4.69) is 10.2 Å². The van der Waals surface area contributed by atoms with E-state index in [4.69, 9.17) is 17.3 Å². The molecule has 7 N–H and O–H groups in total. The molecule has 0 spiro atoms. The predicted molar refractivity (Wildman–Crippen MR) is 37.4 cm³/mol. The molecular formula is C3H7N6O-. The number of aromatic nitrogens is 2. The molecule has 1 aromatic heterocycles. The van der Waals surface area contributed by atoms with Crippen molar-refractivity contribution in [3.05, 3.63) is 5.21 Å². The quantitative estimate of drug-likeness (QED) is 0.287. The number of nitrogens with two attached hydrogens (primary N) is 3. The molecule has 0 aliphatic rings. The zero-order chi connectivity index (χ0) is 7.72. The second-order valence-corrected chi connectivity index (χ2v) is 1.70. The Kier molecular flexibility index (Phi) is 1.36. The van der Waals surface area contributed by atoms with E-state index in [0.29, 0.717) is 0 Å². The summed E-state index contributed by atoms with van der Waals surface area (Å²) < 4.78 is 0. The summed E-state index contributed by atoms with van der Waals surface area (Å²) in [6.07, 6.45) is 0. The molecule has 56 valence electrons. The standard InChI is InChI=1S/C3H7N6O/c4-1-2(5)7-8-3(1)9(6)10/h4,6H2,(H3,5,7,8)/q-1. The first-order valence-corrected chi connectivity index (χ1v) is 2.44. The first-order chi connectivity index (χ1) is 4.63. The third-order valence-corrected chi connectivity index (χ3v) is 1.02. The van der Waals surface area contributed by atoms with Crippen LogP contribution < -0.4 is 22.5 Å². The number of nitrogens with one attached hydrogen (secondary N) is 1. The molecule has 0 aromatic carbocycles. The lowest BCUT2D eigenvalue weighted by atomic mass is 10.5. The summed E-state index contributed by atoms with van der Waals surface area (Å²) in [6, 6.07) is 0. The number of nitrogens with zero attached hydrogens (tertiary/aromatic N) is 2. The smallest absolute Gasteiger partial charge is 0.179 e. The number of nitrogen functional groups attached to an aromatic ring is 2. The van der Waals surface area contributed by atoms with Gasteiger partial charge in [-0.2, -0.15) is 5.10 Å². The highest BCUT2D eigenvalue weighted by atomic mass is 16.5. The molecule has 0 unspecified atom stereocenters. The van der Waals surface area contributed by atoms with Gasteiger partial charge in [-0.3, -0.25) is 10.9 Å². The van der Waals surface area contributed by atoms with Gasteiger partial charge < -0.3 is 21.8 Å². The molecule has 1 aromatic rings. The summed E-state index contributed by atoms with van der Waals surface area (Å²) >= 11 is 0. The molecule has 0 atom stereocenters. The third kappa shape index (κ3) is 0.828. The van der Waals surface area contributed by atoms with E-state index in [-0.39, 0.29) is 22.5 Å². The minimum Gasteiger partial charge on any atom is -0.742 e. The van der Waals surface area contributed by atoms with Crippen molar-refractivity contribution in [2.75, 3.05) is 16.6 Å². The number of rotatable bonds is 1. The van der Waals surface area contributed by atoms with Crippen molar-refractivity contribution in [1.29, 1.82) is 0 Å². The summed E-state index contributed by atoms with van der Waals surface area (Å²) in [7, 11) is 0. The van der Waals surface area contributed by atoms with Crippen molar-refractivity contribution in [2.45, 2.75) is 0 Å². The maximum absolute atomic E-state index is 10.4. The van der Waals surface area contributed by atoms with E-state index in [1.807, 2.05) is 0 Å². The number of anilines is 3. The molecule has 0 bridgehead atoms. The summed E-state index contributed by atoms with van der Waals surface area (Å²) in [4.78, 5) is 0. The zero-order valence-corrected chi connectivity index (χ0v) is 5.03. The Balaban J connectivity index is 3.05. The lowest BCUT2D eigenvalue weighted by Crippen LogP contribution is -2.24. The van der Waals surface area contributed by atoms with Gasteiger partial charge in [-0.15, -0.1) is 0 Å². The normalized spacial score (nSPS) is 9.80. The monoisotopic (exact) mass is 143 g/mol. The van der Waals surface area contributed by atoms with Crippen LogP contribution in [0.25, 0.3) is 0 Å². The third-order valence-electron chi connectivity index (χ3n) is 1.02. The van der Waals surface area contributed by atoms with Gasteiger partial charge in [0.25, 0.3) is 0 Å². The van der Waals surface area contributed by atoms with Gasteiger partial charge in [0, 0.05) is 0 Å². The molecule has 0 aliphatic heterocycles. The van der Waals surface area contributed by atoms with Crippen LogP contribution in [0.2, 0.25) is 0 Å². The van der Waals surface area contributed by atoms with Crippen LogP contribution in [0, 0.1) is 5.21 Å². The van der Waals surface area contributed by atoms with E-state index < -0.39 is 0 Å². The van der Waals surface area contributed by atoms with Gasteiger partial charge in [0.05, 0.1) is 0 Å². The van der Waals surface area contributed by atoms with Crippen LogP contribution in [0.4, 0.5) is 17.3 Å². The highest BCUT2D eigenvalue weighted by Crippen LogP contribution is 2.21. The maximum atomic E-state index is 10.4. The van der Waals surface area contributed by atoms with E-state index in [1.54, 1.807) is 0 Å². The van der Waals surface area contributed by atoms with Crippen LogP contribution in [-0.4, -0.2) is 10.2 Å². The minimum absolute atomic E-state index is 0.0438. The Morgan fingerprint density at radius 1 is 1.50 bits per heavy atom. The fraction of sp³-hybridized carbons (Fsp3) is 0. The second-order valence-electron chi connectivity index (χ2n) is 1.70. The summed E-state index contributed by atoms with van der Waals surface area (Å²) in [5.41, 5.74) is 10.5. The van der Waals surface area contributed by atoms with Crippen molar-refractivity contribution in [3.8, 4) is 0 Å². The Labute approximate surface area is 56.3 Å². The SMILES string of the molecule is Nc1[nH]nc(N(N)[O-])c1N. The van der Waals surface area contributed by atoms with Gasteiger partial charge in [0.2, 0.25) is 0 Å². The van der Waals surface area contributed by atoms with Gasteiger partial charge in [0.1, 0.15) is 11.5 Å². The van der Waals surface area contributed by atoms with Crippen LogP contribution in [0.1, 0.15) is 0 Å². The Morgan fingerprint density at radius 3 is 2.30 bits per heavy atom. The van der Waals surface area contributed by atoms with Gasteiger partial charge in [-0.25, -0.2) is 0 Å². The fourth-order valence-corrected chi connectivity index (χ4v) is 0.522. The Morgan fingerprint density at radius 2 is 2.10 bits per heavy atom. The van der Waals surface area contributed by atoms with Gasteiger partial charge in [-0.1, -0.05) is 0 Å². The van der Waals surface area contributed by atoms with Crippen LogP contribution in [0.5, 0.6) is 0 Å². The topological polar surface area (TPSA) is 133 Å². The molecular weight excluding hydrogens is 136 g/mol. The van der Waals surface area contributed by atoms with Crippen molar-refractivity contribution < 1.29 is 0 Å². The largest absolute Gasteiger partial charge is 0.742 e. The molecule has 0 saturated carbocycles. The van der Waals surface area contributed by atoms with Crippen molar-refractivity contribution in [3.63, 3.8) is 0 Å². The first-order valence-electron chi connectivity index (χ1n) is 2.44. The van der Waals surface area contributed by atoms with Gasteiger partial charge in [-0.05, 0) is 0 Å². The van der Waals surface area contributed by atoms with Crippen molar-refractivity contribution in [2.24, 2.45) is 5.84 Å². The predicted octanol–water partition coefficient (Wildman–Crippen LogP) is -1.25. The molecule has 0 radical (unpaired) electrons. The van der Waals surface area contributed by atoms with Crippen LogP contribution in [0.3, 0.4) is 0 Å². The second kappa shape index (κ2) is 2.05. The lowest BCUT2D eigenvalue weighted by Gasteiger charge is -2.20. The Hall–Kier alpha value is -1.47. The molecule has 7 heteroatoms. The van der Waals surface area contributed by atoms with E-state index >= 15 is 0 Å². The zero-order valence-electron chi connectivity index (χ0n) is 5.03. The van der Waals surface area contributed by atoms with Crippen LogP contribution >= 0.6 is 0 Å². The lowest BCUT2D eigenvalue weighted by molar-refractivity contribution is 0.997. The van der Waals surface area contributed by atoms with E-state index in [9.17, 15) is 5.21 Å². The van der Waals surface area contributed by atoms with Gasteiger partial charge in [0.15, 0.2) is 5.82 Å². The molecule has 7 nitrogen and oxygen atoms in total. The molecule has 0 aliphatic carbocycles. The summed E-state index contributed by atoms with van der Waals surface area (Å²) in [5.74, 6) is 4.83. The summed E-state index contributed by atoms with van der Waals surface area (Å²) in [5, 5.41) is 16.1. The first kappa shape index (κ1) is 6.65. The molecule has 0 amide bonds. The molecule has 1 heterocycles. The average molecular weight is 143 g/mol. The minimum atomic E-state index is -0.0995. The van der Waals surface area contributed by atoms with E-state index in [1.165, 1.54) is 0 Å². The van der Waals surface area contributed by atoms with Gasteiger partial charge >= 0.3 is 0 Å². The highest BCUT2D eigenvalue weighted by Gasteiger charge is 2.05. The highest BCUT2D eigenvalue weighted by molar-refractivity contribution is 5.73. The Bertz CT molecular complexity index is 229. The number of hydrogen-bond acceptors (Lipinski definition) is 6. The van der Waals surface area contributed by atoms with Crippen LogP contribution in [0.15, 0.2) is 0 Å². The summed E-state index contributed by atoms with van der Waals surface area (Å²) in [6.45, 7) is 0. The average Bonchev–Trinajstić information content (AvgIpc) is 2.14. The number of hydrogen-bond donors (Lipinski definition) is 4. The number of aromatic amines is 1. The number of hydrazine groups is 1. The molecule has 10 heavy (non-hydrogen) atoms. The maximum Gasteiger partial charge on any atom is 0.179 e. The fourth-order valence-electron chi connectivity index (χ4n) is 0.522. The van der Waals surface area contributed by atoms with E-state index in [0.717, 1.165) is 0 Å².